The van der Waals surface area contributed by atoms with E-state index >= 15 is 0 Å². The number of nitrogens with zero attached hydrogens (tertiary/aromatic N) is 2. The molecule has 1 N–H and O–H groups in total. The Morgan fingerprint density at radius 3 is 2.89 bits per heavy atom. The monoisotopic (exact) mass is 261 g/mol. The SMILES string of the molecule is CCCCNC(=O)c1cc(N2CCCCC2)ccn1. The Kier molecular flexibility index (Phi) is 5.19. The van der Waals surface area contributed by atoms with E-state index in [1.54, 1.807) is 6.20 Å². The van der Waals surface area contributed by atoms with E-state index in [0.717, 1.165) is 38.2 Å². The molecule has 1 aliphatic rings. The predicted octanol–water partition coefficient (Wildman–Crippen LogP) is 2.60. The highest BCUT2D eigenvalue weighted by Gasteiger charge is 2.13. The molecule has 0 radical (unpaired) electrons. The zero-order valence-electron chi connectivity index (χ0n) is 11.7. The van der Waals surface area contributed by atoms with Crippen LogP contribution in [0.15, 0.2) is 18.3 Å². The molecule has 1 saturated heterocycles. The molecule has 0 saturated carbocycles. The van der Waals surface area contributed by atoms with Crippen molar-refractivity contribution in [3.05, 3.63) is 24.0 Å². The highest BCUT2D eigenvalue weighted by atomic mass is 16.1. The fourth-order valence-corrected chi connectivity index (χ4v) is 2.36. The number of amides is 1. The van der Waals surface area contributed by atoms with E-state index < -0.39 is 0 Å². The van der Waals surface area contributed by atoms with Gasteiger partial charge >= 0.3 is 0 Å². The maximum absolute atomic E-state index is 12.0. The van der Waals surface area contributed by atoms with Gasteiger partial charge in [0.1, 0.15) is 5.69 Å². The Labute approximate surface area is 115 Å². The van der Waals surface area contributed by atoms with Crippen LogP contribution in [-0.2, 0) is 0 Å². The minimum absolute atomic E-state index is 0.0627. The summed E-state index contributed by atoms with van der Waals surface area (Å²) in [7, 11) is 0. The van der Waals surface area contributed by atoms with Gasteiger partial charge in [-0.25, -0.2) is 0 Å². The summed E-state index contributed by atoms with van der Waals surface area (Å²) in [5.41, 5.74) is 1.65. The van der Waals surface area contributed by atoms with Crippen molar-refractivity contribution in [3.63, 3.8) is 0 Å². The van der Waals surface area contributed by atoms with Crippen LogP contribution >= 0.6 is 0 Å². The number of hydrogen-bond acceptors (Lipinski definition) is 3. The molecule has 0 aromatic carbocycles. The van der Waals surface area contributed by atoms with Crippen LogP contribution < -0.4 is 10.2 Å². The summed E-state index contributed by atoms with van der Waals surface area (Å²) in [4.78, 5) is 18.5. The van der Waals surface area contributed by atoms with Gasteiger partial charge in [0.25, 0.3) is 5.91 Å². The number of carbonyl (C=O) groups is 1. The number of carbonyl (C=O) groups excluding carboxylic acids is 1. The van der Waals surface area contributed by atoms with Crippen molar-refractivity contribution in [2.75, 3.05) is 24.5 Å². The smallest absolute Gasteiger partial charge is 0.269 e. The van der Waals surface area contributed by atoms with E-state index in [-0.39, 0.29) is 5.91 Å². The summed E-state index contributed by atoms with van der Waals surface area (Å²) in [6, 6.07) is 3.90. The Morgan fingerprint density at radius 2 is 2.16 bits per heavy atom. The van der Waals surface area contributed by atoms with E-state index in [2.05, 4.69) is 22.1 Å². The molecular formula is C15H23N3O. The first-order chi connectivity index (χ1) is 9.31. The highest BCUT2D eigenvalue weighted by Crippen LogP contribution is 2.19. The van der Waals surface area contributed by atoms with Crippen LogP contribution in [-0.4, -0.2) is 30.5 Å². The second kappa shape index (κ2) is 7.12. The number of rotatable bonds is 5. The van der Waals surface area contributed by atoms with Gasteiger partial charge < -0.3 is 10.2 Å². The van der Waals surface area contributed by atoms with Gasteiger partial charge in [-0.05, 0) is 37.8 Å². The second-order valence-electron chi connectivity index (χ2n) is 5.06. The number of unbranched alkanes of at least 4 members (excludes halogenated alkanes) is 1. The van der Waals surface area contributed by atoms with E-state index in [0.29, 0.717) is 5.69 Å². The molecule has 4 heteroatoms. The molecule has 0 unspecified atom stereocenters. The number of piperidine rings is 1. The van der Waals surface area contributed by atoms with E-state index in [9.17, 15) is 4.79 Å². The van der Waals surface area contributed by atoms with Gasteiger partial charge in [0.05, 0.1) is 0 Å². The minimum Gasteiger partial charge on any atom is -0.371 e. The van der Waals surface area contributed by atoms with Crippen LogP contribution in [0.5, 0.6) is 0 Å². The fraction of sp³-hybridized carbons (Fsp3) is 0.600. The third-order valence-electron chi connectivity index (χ3n) is 3.51. The van der Waals surface area contributed by atoms with Gasteiger partial charge in [-0.15, -0.1) is 0 Å². The van der Waals surface area contributed by atoms with Gasteiger partial charge in [-0.2, -0.15) is 0 Å². The standard InChI is InChI=1S/C15H23N3O/c1-2-3-8-17-15(19)14-12-13(7-9-16-14)18-10-5-4-6-11-18/h7,9,12H,2-6,8,10-11H2,1H3,(H,17,19). The number of hydrogen-bond donors (Lipinski definition) is 1. The average Bonchev–Trinajstić information content (AvgIpc) is 2.48. The van der Waals surface area contributed by atoms with Gasteiger partial charge in [0.15, 0.2) is 0 Å². The normalized spacial score (nSPS) is 15.3. The zero-order chi connectivity index (χ0) is 13.5. The Hall–Kier alpha value is -1.58. The van der Waals surface area contributed by atoms with Gasteiger partial charge in [0.2, 0.25) is 0 Å². The van der Waals surface area contributed by atoms with Crippen LogP contribution in [0.25, 0.3) is 0 Å². The molecule has 1 amide bonds. The van der Waals surface area contributed by atoms with E-state index in [4.69, 9.17) is 0 Å². The topological polar surface area (TPSA) is 45.2 Å². The van der Waals surface area contributed by atoms with Gasteiger partial charge in [-0.3, -0.25) is 9.78 Å². The summed E-state index contributed by atoms with van der Waals surface area (Å²) in [5, 5.41) is 2.91. The van der Waals surface area contributed by atoms with Crippen molar-refractivity contribution in [3.8, 4) is 0 Å². The molecule has 1 fully saturated rings. The van der Waals surface area contributed by atoms with E-state index in [1.165, 1.54) is 19.3 Å². The molecule has 0 spiro atoms. The lowest BCUT2D eigenvalue weighted by atomic mass is 10.1. The van der Waals surface area contributed by atoms with E-state index in [1.807, 2.05) is 12.1 Å². The Balaban J connectivity index is 1.99. The maximum atomic E-state index is 12.0. The molecular weight excluding hydrogens is 238 g/mol. The molecule has 2 rings (SSSR count). The third kappa shape index (κ3) is 3.94. The van der Waals surface area contributed by atoms with Crippen molar-refractivity contribution >= 4 is 11.6 Å². The zero-order valence-corrected chi connectivity index (χ0v) is 11.7. The molecule has 0 aliphatic carbocycles. The lowest BCUT2D eigenvalue weighted by Gasteiger charge is -2.28. The molecule has 1 aromatic heterocycles. The quantitative estimate of drug-likeness (QED) is 0.829. The van der Waals surface area contributed by atoms with Crippen LogP contribution in [0.4, 0.5) is 5.69 Å². The third-order valence-corrected chi connectivity index (χ3v) is 3.51. The van der Waals surface area contributed by atoms with Gasteiger partial charge in [-0.1, -0.05) is 13.3 Å². The summed E-state index contributed by atoms with van der Waals surface area (Å²) in [5.74, 6) is -0.0627. The largest absolute Gasteiger partial charge is 0.371 e. The van der Waals surface area contributed by atoms with Crippen LogP contribution in [0.1, 0.15) is 49.5 Å². The Morgan fingerprint density at radius 1 is 1.37 bits per heavy atom. The van der Waals surface area contributed by atoms with Crippen LogP contribution in [0, 0.1) is 0 Å². The molecule has 0 bridgehead atoms. The van der Waals surface area contributed by atoms with Crippen molar-refractivity contribution in [1.29, 1.82) is 0 Å². The van der Waals surface area contributed by atoms with Crippen LogP contribution in [0.2, 0.25) is 0 Å². The fourth-order valence-electron chi connectivity index (χ4n) is 2.36. The summed E-state index contributed by atoms with van der Waals surface area (Å²) >= 11 is 0. The van der Waals surface area contributed by atoms with Crippen molar-refractivity contribution in [1.82, 2.24) is 10.3 Å². The molecule has 2 heterocycles. The molecule has 1 aromatic rings. The average molecular weight is 261 g/mol. The molecule has 19 heavy (non-hydrogen) atoms. The van der Waals surface area contributed by atoms with Crippen molar-refractivity contribution in [2.45, 2.75) is 39.0 Å². The predicted molar refractivity (Wildman–Crippen MR) is 77.5 cm³/mol. The molecule has 4 nitrogen and oxygen atoms in total. The molecule has 1 aliphatic heterocycles. The molecule has 104 valence electrons. The Bertz CT molecular complexity index is 414. The lowest BCUT2D eigenvalue weighted by Crippen LogP contribution is -2.30. The van der Waals surface area contributed by atoms with Crippen molar-refractivity contribution < 1.29 is 4.79 Å². The number of nitrogens with one attached hydrogen (secondary N) is 1. The summed E-state index contributed by atoms with van der Waals surface area (Å²) < 4.78 is 0. The first kappa shape index (κ1) is 13.8. The number of anilines is 1. The second-order valence-corrected chi connectivity index (χ2v) is 5.06. The van der Waals surface area contributed by atoms with Crippen molar-refractivity contribution in [2.24, 2.45) is 0 Å². The summed E-state index contributed by atoms with van der Waals surface area (Å²) in [6.45, 7) is 5.01. The number of pyridine rings is 1. The molecule has 0 atom stereocenters. The first-order valence-electron chi connectivity index (χ1n) is 7.30. The highest BCUT2D eigenvalue weighted by molar-refractivity contribution is 5.93. The lowest BCUT2D eigenvalue weighted by molar-refractivity contribution is 0.0948. The summed E-state index contributed by atoms with van der Waals surface area (Å²) in [6.07, 6.45) is 7.62. The maximum Gasteiger partial charge on any atom is 0.269 e. The minimum atomic E-state index is -0.0627. The first-order valence-corrected chi connectivity index (χ1v) is 7.30. The number of aromatic nitrogens is 1. The van der Waals surface area contributed by atoms with Gasteiger partial charge in [0, 0.05) is 31.5 Å². The van der Waals surface area contributed by atoms with Crippen LogP contribution in [0.3, 0.4) is 0 Å².